The standard InChI is InChI=1S/C7H13FO4S/c1-12-7(9)5-3-2-4-6-13(8,10)11/h2-6H2,1H3. The van der Waals surface area contributed by atoms with Crippen LogP contribution in [0, 0.1) is 0 Å². The highest BCUT2D eigenvalue weighted by Crippen LogP contribution is 2.04. The fourth-order valence-electron chi connectivity index (χ4n) is 0.823. The molecule has 0 heterocycles. The van der Waals surface area contributed by atoms with Crippen LogP contribution in [0.2, 0.25) is 0 Å². The first-order valence-electron chi connectivity index (χ1n) is 3.95. The lowest BCUT2D eigenvalue weighted by molar-refractivity contribution is -0.140. The first kappa shape index (κ1) is 12.3. The number of rotatable bonds is 6. The van der Waals surface area contributed by atoms with Crippen LogP contribution in [0.4, 0.5) is 3.89 Å². The zero-order chi connectivity index (χ0) is 10.3. The lowest BCUT2D eigenvalue weighted by atomic mass is 10.2. The van der Waals surface area contributed by atoms with Crippen molar-refractivity contribution in [2.45, 2.75) is 25.7 Å². The highest BCUT2D eigenvalue weighted by Gasteiger charge is 2.06. The average Bonchev–Trinajstić information content (AvgIpc) is 2.01. The number of hydrogen-bond donors (Lipinski definition) is 0. The molecule has 0 aromatic rings. The SMILES string of the molecule is COC(=O)CCCCCS(=O)(=O)F. The van der Waals surface area contributed by atoms with Crippen molar-refractivity contribution in [3.8, 4) is 0 Å². The average molecular weight is 212 g/mol. The second kappa shape index (κ2) is 5.90. The predicted octanol–water partition coefficient (Wildman–Crippen LogP) is 1.02. The lowest BCUT2D eigenvalue weighted by Gasteiger charge is -1.98. The second-order valence-electron chi connectivity index (χ2n) is 2.63. The van der Waals surface area contributed by atoms with E-state index < -0.39 is 16.0 Å². The second-order valence-corrected chi connectivity index (χ2v) is 4.12. The molecule has 4 nitrogen and oxygen atoms in total. The molecule has 0 aliphatic rings. The van der Waals surface area contributed by atoms with Gasteiger partial charge in [0.15, 0.2) is 0 Å². The fourth-order valence-corrected chi connectivity index (χ4v) is 1.37. The third-order valence-corrected chi connectivity index (χ3v) is 2.27. The highest BCUT2D eigenvalue weighted by molar-refractivity contribution is 7.86. The summed E-state index contributed by atoms with van der Waals surface area (Å²) in [6.45, 7) is 0. The molecule has 0 N–H and O–H groups in total. The zero-order valence-corrected chi connectivity index (χ0v) is 8.27. The fraction of sp³-hybridized carbons (Fsp3) is 0.857. The van der Waals surface area contributed by atoms with Gasteiger partial charge < -0.3 is 4.74 Å². The van der Waals surface area contributed by atoms with Crippen molar-refractivity contribution >= 4 is 16.2 Å². The van der Waals surface area contributed by atoms with Gasteiger partial charge >= 0.3 is 16.2 Å². The summed E-state index contributed by atoms with van der Waals surface area (Å²) >= 11 is 0. The molecule has 0 rings (SSSR count). The smallest absolute Gasteiger partial charge is 0.305 e. The summed E-state index contributed by atoms with van der Waals surface area (Å²) in [7, 11) is -3.06. The van der Waals surface area contributed by atoms with Crippen LogP contribution < -0.4 is 0 Å². The Balaban J connectivity index is 3.33. The maximum atomic E-state index is 11.9. The molecule has 0 fully saturated rings. The van der Waals surface area contributed by atoms with Crippen molar-refractivity contribution < 1.29 is 21.8 Å². The van der Waals surface area contributed by atoms with Gasteiger partial charge in [-0.05, 0) is 12.8 Å². The Bertz CT molecular complexity index is 247. The van der Waals surface area contributed by atoms with E-state index >= 15 is 0 Å². The van der Waals surface area contributed by atoms with Gasteiger partial charge in [-0.15, -0.1) is 3.89 Å². The minimum absolute atomic E-state index is 0.246. The third kappa shape index (κ3) is 9.26. The summed E-state index contributed by atoms with van der Waals surface area (Å²) < 4.78 is 36.3. The van der Waals surface area contributed by atoms with E-state index in [1.165, 1.54) is 7.11 Å². The number of esters is 1. The molecule has 0 aliphatic carbocycles. The van der Waals surface area contributed by atoms with E-state index in [4.69, 9.17) is 0 Å². The molecule has 0 aromatic carbocycles. The molecule has 0 amide bonds. The van der Waals surface area contributed by atoms with E-state index in [9.17, 15) is 17.1 Å². The van der Waals surface area contributed by atoms with Gasteiger partial charge in [-0.3, -0.25) is 4.79 Å². The van der Waals surface area contributed by atoms with E-state index in [2.05, 4.69) is 4.74 Å². The molecule has 0 aliphatic heterocycles. The lowest BCUT2D eigenvalue weighted by Crippen LogP contribution is -2.01. The Hall–Kier alpha value is -0.650. The third-order valence-electron chi connectivity index (χ3n) is 1.50. The number of unbranched alkanes of at least 4 members (excludes halogenated alkanes) is 2. The number of hydrogen-bond acceptors (Lipinski definition) is 4. The van der Waals surface area contributed by atoms with Crippen molar-refractivity contribution in [1.82, 2.24) is 0 Å². The molecule has 0 bridgehead atoms. The van der Waals surface area contributed by atoms with Gasteiger partial charge in [-0.2, -0.15) is 8.42 Å². The first-order chi connectivity index (χ1) is 5.95. The van der Waals surface area contributed by atoms with Crippen LogP contribution in [-0.2, 0) is 19.8 Å². The molecule has 0 atom stereocenters. The highest BCUT2D eigenvalue weighted by atomic mass is 32.3. The summed E-state index contributed by atoms with van der Waals surface area (Å²) in [5.74, 6) is -0.795. The van der Waals surface area contributed by atoms with Crippen LogP contribution in [0.3, 0.4) is 0 Å². The number of carbonyl (C=O) groups excluding carboxylic acids is 1. The Morgan fingerprint density at radius 3 is 2.38 bits per heavy atom. The van der Waals surface area contributed by atoms with Crippen LogP contribution in [0.15, 0.2) is 0 Å². The minimum atomic E-state index is -4.35. The normalized spacial score (nSPS) is 11.2. The van der Waals surface area contributed by atoms with E-state index in [1.807, 2.05) is 0 Å². The van der Waals surface area contributed by atoms with Gasteiger partial charge in [0.25, 0.3) is 0 Å². The van der Waals surface area contributed by atoms with Crippen molar-refractivity contribution in [1.29, 1.82) is 0 Å². The first-order valence-corrected chi connectivity index (χ1v) is 5.50. The van der Waals surface area contributed by atoms with Gasteiger partial charge in [0.05, 0.1) is 12.9 Å². The van der Waals surface area contributed by atoms with Gasteiger partial charge in [0.1, 0.15) is 0 Å². The Morgan fingerprint density at radius 2 is 1.92 bits per heavy atom. The summed E-state index contributed by atoms with van der Waals surface area (Å²) in [5, 5.41) is 0. The molecular formula is C7H13FO4S. The van der Waals surface area contributed by atoms with E-state index in [0.29, 0.717) is 12.8 Å². The maximum Gasteiger partial charge on any atom is 0.305 e. The summed E-state index contributed by atoms with van der Waals surface area (Å²) in [6.07, 6.45) is 1.54. The molecule has 0 saturated carbocycles. The predicted molar refractivity (Wildman–Crippen MR) is 45.4 cm³/mol. The van der Waals surface area contributed by atoms with Crippen LogP contribution in [0.1, 0.15) is 25.7 Å². The molecule has 0 unspecified atom stereocenters. The molecule has 0 spiro atoms. The van der Waals surface area contributed by atoms with Crippen LogP contribution >= 0.6 is 0 Å². The van der Waals surface area contributed by atoms with Gasteiger partial charge in [0.2, 0.25) is 0 Å². The summed E-state index contributed by atoms with van der Waals surface area (Å²) in [5.41, 5.74) is 0. The zero-order valence-electron chi connectivity index (χ0n) is 7.45. The number of ether oxygens (including phenoxy) is 1. The van der Waals surface area contributed by atoms with E-state index in [0.717, 1.165) is 0 Å². The minimum Gasteiger partial charge on any atom is -0.469 e. The van der Waals surface area contributed by atoms with Gasteiger partial charge in [-0.25, -0.2) is 0 Å². The Morgan fingerprint density at radius 1 is 1.31 bits per heavy atom. The summed E-state index contributed by atoms with van der Waals surface area (Å²) in [6, 6.07) is 0. The molecule has 6 heteroatoms. The largest absolute Gasteiger partial charge is 0.469 e. The van der Waals surface area contributed by atoms with Gasteiger partial charge in [-0.1, -0.05) is 6.42 Å². The van der Waals surface area contributed by atoms with Crippen molar-refractivity contribution in [3.63, 3.8) is 0 Å². The van der Waals surface area contributed by atoms with Gasteiger partial charge in [0, 0.05) is 6.42 Å². The number of methoxy groups -OCH3 is 1. The topological polar surface area (TPSA) is 60.4 Å². The van der Waals surface area contributed by atoms with Crippen molar-refractivity contribution in [2.24, 2.45) is 0 Å². The van der Waals surface area contributed by atoms with E-state index in [1.54, 1.807) is 0 Å². The number of carbonyl (C=O) groups is 1. The van der Waals surface area contributed by atoms with Crippen molar-refractivity contribution in [3.05, 3.63) is 0 Å². The molecule has 0 aromatic heterocycles. The molecular weight excluding hydrogens is 199 g/mol. The van der Waals surface area contributed by atoms with Crippen molar-refractivity contribution in [2.75, 3.05) is 12.9 Å². The molecule has 0 radical (unpaired) electrons. The van der Waals surface area contributed by atoms with Crippen LogP contribution in [0.25, 0.3) is 0 Å². The summed E-state index contributed by atoms with van der Waals surface area (Å²) in [4.78, 5) is 10.6. The molecule has 78 valence electrons. The van der Waals surface area contributed by atoms with Crippen LogP contribution in [0.5, 0.6) is 0 Å². The monoisotopic (exact) mass is 212 g/mol. The Kier molecular flexibility index (Phi) is 5.61. The number of halogens is 1. The van der Waals surface area contributed by atoms with E-state index in [-0.39, 0.29) is 18.8 Å². The quantitative estimate of drug-likeness (QED) is 0.374. The molecule has 0 saturated heterocycles. The Labute approximate surface area is 77.3 Å². The molecule has 13 heavy (non-hydrogen) atoms. The van der Waals surface area contributed by atoms with Crippen LogP contribution in [-0.4, -0.2) is 27.2 Å². The maximum absolute atomic E-state index is 11.9.